The van der Waals surface area contributed by atoms with Crippen LogP contribution in [0.4, 0.5) is 0 Å². The van der Waals surface area contributed by atoms with Crippen LogP contribution in [0.15, 0.2) is 11.6 Å². The minimum Gasteiger partial charge on any atom is -0.310 e. The Bertz CT molecular complexity index is 259. The van der Waals surface area contributed by atoms with Gasteiger partial charge in [0.15, 0.2) is 0 Å². The van der Waals surface area contributed by atoms with Crippen molar-refractivity contribution < 1.29 is 0 Å². The van der Waals surface area contributed by atoms with Gasteiger partial charge in [-0.2, -0.15) is 0 Å². The third-order valence-corrected chi connectivity index (χ3v) is 4.20. The summed E-state index contributed by atoms with van der Waals surface area (Å²) in [7, 11) is 0. The lowest BCUT2D eigenvalue weighted by Gasteiger charge is -2.41. The molecule has 0 atom stereocenters. The zero-order valence-electron chi connectivity index (χ0n) is 8.75. The van der Waals surface area contributed by atoms with E-state index in [9.17, 15) is 0 Å². The van der Waals surface area contributed by atoms with E-state index in [4.69, 9.17) is 0 Å². The molecule has 1 aromatic heterocycles. The fraction of sp³-hybridized carbons (Fsp3) is 0.727. The van der Waals surface area contributed by atoms with Gasteiger partial charge in [-0.15, -0.1) is 11.3 Å². The number of aromatic nitrogens is 1. The summed E-state index contributed by atoms with van der Waals surface area (Å²) in [5, 5.41) is 6.77. The Labute approximate surface area is 89.8 Å². The van der Waals surface area contributed by atoms with E-state index in [2.05, 4.69) is 17.2 Å². The summed E-state index contributed by atoms with van der Waals surface area (Å²) < 4.78 is 0. The first kappa shape index (κ1) is 10.1. The van der Waals surface area contributed by atoms with E-state index in [1.807, 2.05) is 11.6 Å². The molecule has 0 aliphatic heterocycles. The van der Waals surface area contributed by atoms with Crippen LogP contribution in [-0.4, -0.2) is 11.5 Å². The molecule has 1 aliphatic carbocycles. The molecule has 2 nitrogen and oxygen atoms in total. The van der Waals surface area contributed by atoms with Crippen LogP contribution in [0.1, 0.15) is 37.6 Å². The third kappa shape index (κ3) is 2.15. The second-order valence-electron chi connectivity index (χ2n) is 4.24. The maximum absolute atomic E-state index is 4.26. The molecule has 0 spiro atoms. The molecular weight excluding hydrogens is 192 g/mol. The molecule has 1 N–H and O–H groups in total. The molecule has 0 saturated heterocycles. The van der Waals surface area contributed by atoms with Gasteiger partial charge in [-0.1, -0.05) is 13.3 Å². The molecule has 1 saturated carbocycles. The van der Waals surface area contributed by atoms with Gasteiger partial charge in [0.2, 0.25) is 0 Å². The minimum atomic E-state index is 0.622. The van der Waals surface area contributed by atoms with Crippen molar-refractivity contribution in [2.45, 2.75) is 39.2 Å². The Morgan fingerprint density at radius 3 is 2.93 bits per heavy atom. The van der Waals surface area contributed by atoms with E-state index in [1.165, 1.54) is 37.2 Å². The van der Waals surface area contributed by atoms with Crippen molar-refractivity contribution in [1.82, 2.24) is 10.3 Å². The lowest BCUT2D eigenvalue weighted by atomic mass is 9.67. The summed E-state index contributed by atoms with van der Waals surface area (Å²) in [4.78, 5) is 4.26. The van der Waals surface area contributed by atoms with E-state index in [0.29, 0.717) is 5.41 Å². The van der Waals surface area contributed by atoms with Crippen molar-refractivity contribution in [2.75, 3.05) is 6.54 Å². The van der Waals surface area contributed by atoms with Gasteiger partial charge in [0.25, 0.3) is 0 Å². The third-order valence-electron chi connectivity index (χ3n) is 3.42. The molecule has 2 rings (SSSR count). The predicted molar refractivity (Wildman–Crippen MR) is 60.4 cm³/mol. The fourth-order valence-corrected chi connectivity index (χ4v) is 2.69. The average molecular weight is 210 g/mol. The zero-order chi connectivity index (χ0) is 9.86. The zero-order valence-corrected chi connectivity index (χ0v) is 9.57. The molecule has 3 heteroatoms. The van der Waals surface area contributed by atoms with Crippen LogP contribution >= 0.6 is 11.3 Å². The van der Waals surface area contributed by atoms with Crippen LogP contribution in [0, 0.1) is 5.41 Å². The summed E-state index contributed by atoms with van der Waals surface area (Å²) in [6.07, 6.45) is 7.44. The van der Waals surface area contributed by atoms with Gasteiger partial charge in [0.1, 0.15) is 5.01 Å². The van der Waals surface area contributed by atoms with Crippen molar-refractivity contribution in [3.8, 4) is 0 Å². The minimum absolute atomic E-state index is 0.622. The van der Waals surface area contributed by atoms with Gasteiger partial charge in [-0.05, 0) is 24.7 Å². The Morgan fingerprint density at radius 2 is 2.43 bits per heavy atom. The largest absolute Gasteiger partial charge is 0.310 e. The number of rotatable bonds is 5. The molecule has 0 unspecified atom stereocenters. The van der Waals surface area contributed by atoms with E-state index in [1.54, 1.807) is 11.3 Å². The van der Waals surface area contributed by atoms with Gasteiger partial charge < -0.3 is 5.32 Å². The highest BCUT2D eigenvalue weighted by atomic mass is 32.1. The molecule has 1 aliphatic rings. The summed E-state index contributed by atoms with van der Waals surface area (Å²) >= 11 is 1.73. The quantitative estimate of drug-likeness (QED) is 0.808. The van der Waals surface area contributed by atoms with Crippen molar-refractivity contribution in [1.29, 1.82) is 0 Å². The Morgan fingerprint density at radius 1 is 1.57 bits per heavy atom. The second kappa shape index (κ2) is 4.41. The molecule has 1 aromatic rings. The fourth-order valence-electron chi connectivity index (χ4n) is 2.11. The first-order valence-electron chi connectivity index (χ1n) is 5.44. The number of hydrogen-bond acceptors (Lipinski definition) is 3. The van der Waals surface area contributed by atoms with Crippen LogP contribution in [0.25, 0.3) is 0 Å². The highest BCUT2D eigenvalue weighted by molar-refractivity contribution is 7.09. The standard InChI is InChI=1S/C11H18N2S/c1-2-11(4-3-5-11)9-12-8-10-13-6-7-14-10/h6-7,12H,2-5,8-9H2,1H3. The molecule has 1 heterocycles. The number of thiazole rings is 1. The summed E-state index contributed by atoms with van der Waals surface area (Å²) in [5.74, 6) is 0. The Hall–Kier alpha value is -0.410. The van der Waals surface area contributed by atoms with Gasteiger partial charge in [0.05, 0.1) is 0 Å². The highest BCUT2D eigenvalue weighted by Gasteiger charge is 2.34. The van der Waals surface area contributed by atoms with Gasteiger partial charge >= 0.3 is 0 Å². The molecule has 0 aromatic carbocycles. The van der Waals surface area contributed by atoms with Crippen LogP contribution in [-0.2, 0) is 6.54 Å². The second-order valence-corrected chi connectivity index (χ2v) is 5.22. The number of nitrogens with zero attached hydrogens (tertiary/aromatic N) is 1. The van der Waals surface area contributed by atoms with E-state index < -0.39 is 0 Å². The normalized spacial score (nSPS) is 19.2. The van der Waals surface area contributed by atoms with Crippen LogP contribution in [0.5, 0.6) is 0 Å². The number of nitrogens with one attached hydrogen (secondary N) is 1. The SMILES string of the molecule is CCC1(CNCc2nccs2)CCC1. The van der Waals surface area contributed by atoms with Crippen LogP contribution in [0.2, 0.25) is 0 Å². The van der Waals surface area contributed by atoms with Gasteiger partial charge in [0, 0.05) is 24.7 Å². The summed E-state index contributed by atoms with van der Waals surface area (Å²) in [5.41, 5.74) is 0.622. The predicted octanol–water partition coefficient (Wildman–Crippen LogP) is 2.81. The van der Waals surface area contributed by atoms with Crippen molar-refractivity contribution in [3.63, 3.8) is 0 Å². The van der Waals surface area contributed by atoms with Crippen LogP contribution in [0.3, 0.4) is 0 Å². The molecule has 0 radical (unpaired) electrons. The monoisotopic (exact) mass is 210 g/mol. The highest BCUT2D eigenvalue weighted by Crippen LogP contribution is 2.43. The van der Waals surface area contributed by atoms with Gasteiger partial charge in [-0.3, -0.25) is 0 Å². The smallest absolute Gasteiger partial charge is 0.106 e. The average Bonchev–Trinajstić information content (AvgIpc) is 2.62. The molecule has 78 valence electrons. The van der Waals surface area contributed by atoms with E-state index >= 15 is 0 Å². The maximum Gasteiger partial charge on any atom is 0.106 e. The first-order chi connectivity index (χ1) is 6.85. The van der Waals surface area contributed by atoms with Crippen molar-refractivity contribution >= 4 is 11.3 Å². The van der Waals surface area contributed by atoms with E-state index in [0.717, 1.165) is 6.54 Å². The molecule has 0 amide bonds. The molecule has 1 fully saturated rings. The topological polar surface area (TPSA) is 24.9 Å². The van der Waals surface area contributed by atoms with Crippen LogP contribution < -0.4 is 5.32 Å². The number of hydrogen-bond donors (Lipinski definition) is 1. The molecule has 0 bridgehead atoms. The Kier molecular flexibility index (Phi) is 3.19. The lowest BCUT2D eigenvalue weighted by Crippen LogP contribution is -2.39. The maximum atomic E-state index is 4.26. The van der Waals surface area contributed by atoms with E-state index in [-0.39, 0.29) is 0 Å². The van der Waals surface area contributed by atoms with Crippen molar-refractivity contribution in [2.24, 2.45) is 5.41 Å². The molecular formula is C11H18N2S. The summed E-state index contributed by atoms with van der Waals surface area (Å²) in [6.45, 7) is 4.42. The first-order valence-corrected chi connectivity index (χ1v) is 6.32. The van der Waals surface area contributed by atoms with Crippen molar-refractivity contribution in [3.05, 3.63) is 16.6 Å². The summed E-state index contributed by atoms with van der Waals surface area (Å²) in [6, 6.07) is 0. The van der Waals surface area contributed by atoms with Gasteiger partial charge in [-0.25, -0.2) is 4.98 Å². The Balaban J connectivity index is 1.72. The molecule has 14 heavy (non-hydrogen) atoms. The lowest BCUT2D eigenvalue weighted by molar-refractivity contribution is 0.124.